The van der Waals surface area contributed by atoms with Crippen molar-refractivity contribution in [3.05, 3.63) is 162 Å². The first-order chi connectivity index (χ1) is 24.5. The molecule has 0 aliphatic carbocycles. The fraction of sp³-hybridized carbons (Fsp3) is 0.0667. The van der Waals surface area contributed by atoms with E-state index in [1.807, 2.05) is 42.5 Å². The molecule has 1 aliphatic heterocycles. The predicted molar refractivity (Wildman–Crippen MR) is 200 cm³/mol. The number of ether oxygens (including phenoxy) is 1. The van der Waals surface area contributed by atoms with E-state index in [1.165, 1.54) is 5.39 Å². The number of nitrogens with zero attached hydrogens (tertiary/aromatic N) is 4. The fourth-order valence-corrected chi connectivity index (χ4v) is 7.18. The minimum Gasteiger partial charge on any atom is -0.455 e. The van der Waals surface area contributed by atoms with Gasteiger partial charge >= 0.3 is 0 Å². The summed E-state index contributed by atoms with van der Waals surface area (Å²) in [6.07, 6.45) is 0. The Bertz CT molecular complexity index is 2660. The summed E-state index contributed by atoms with van der Waals surface area (Å²) >= 11 is 0. The van der Waals surface area contributed by atoms with Gasteiger partial charge in [0.25, 0.3) is 0 Å². The molecule has 9 rings (SSSR count). The maximum Gasteiger partial charge on any atom is 0.164 e. The normalized spacial score (nSPS) is 12.9. The minimum atomic E-state index is -0.304. The van der Waals surface area contributed by atoms with Crippen molar-refractivity contribution in [1.29, 1.82) is 5.26 Å². The molecule has 236 valence electrons. The Morgan fingerprint density at radius 1 is 0.520 bits per heavy atom. The van der Waals surface area contributed by atoms with Gasteiger partial charge < -0.3 is 4.74 Å². The Hall–Kier alpha value is -6.64. The van der Waals surface area contributed by atoms with E-state index in [0.29, 0.717) is 28.8 Å². The molecule has 5 heteroatoms. The predicted octanol–water partition coefficient (Wildman–Crippen LogP) is 11.1. The first kappa shape index (κ1) is 29.5. The second-order valence-corrected chi connectivity index (χ2v) is 13.2. The molecular formula is C45H30N4O. The maximum atomic E-state index is 9.77. The van der Waals surface area contributed by atoms with Crippen LogP contribution < -0.4 is 4.74 Å². The molecule has 5 nitrogen and oxygen atoms in total. The van der Waals surface area contributed by atoms with E-state index < -0.39 is 0 Å². The third-order valence-electron chi connectivity index (χ3n) is 9.83. The first-order valence-corrected chi connectivity index (χ1v) is 16.7. The number of aromatic nitrogens is 3. The van der Waals surface area contributed by atoms with Crippen LogP contribution in [0.4, 0.5) is 0 Å². The second-order valence-electron chi connectivity index (χ2n) is 13.2. The molecule has 1 aliphatic rings. The van der Waals surface area contributed by atoms with Crippen LogP contribution in [0.1, 0.15) is 30.5 Å². The molecule has 2 heterocycles. The molecular weight excluding hydrogens is 613 g/mol. The molecule has 0 spiro atoms. The number of nitriles is 1. The van der Waals surface area contributed by atoms with E-state index in [2.05, 4.69) is 117 Å². The molecule has 0 unspecified atom stereocenters. The largest absolute Gasteiger partial charge is 0.455 e. The Morgan fingerprint density at radius 2 is 1.14 bits per heavy atom. The van der Waals surface area contributed by atoms with Crippen LogP contribution in [0.2, 0.25) is 0 Å². The SMILES string of the molecule is CC1(C)c2ccc(-c3ccc(-c4nc(-c5ccccc5)nc(-c5cc6ccccc6c6ccccc56)n4)cc3)cc2Oc2c(C#N)cccc21. The molecule has 0 saturated carbocycles. The van der Waals surface area contributed by atoms with Gasteiger partial charge in [-0.05, 0) is 50.9 Å². The molecule has 0 radical (unpaired) electrons. The fourth-order valence-electron chi connectivity index (χ4n) is 7.18. The number of benzene rings is 7. The van der Waals surface area contributed by atoms with Crippen LogP contribution in [0.15, 0.2) is 146 Å². The molecule has 0 fully saturated rings. The molecule has 7 aromatic carbocycles. The third kappa shape index (κ3) is 4.81. The zero-order chi connectivity index (χ0) is 33.8. The van der Waals surface area contributed by atoms with E-state index in [0.717, 1.165) is 60.9 Å². The van der Waals surface area contributed by atoms with Gasteiger partial charge in [0.2, 0.25) is 0 Å². The summed E-state index contributed by atoms with van der Waals surface area (Å²) in [5.41, 5.74) is 7.19. The number of fused-ring (bicyclic) bond motifs is 5. The summed E-state index contributed by atoms with van der Waals surface area (Å²) in [5.74, 6) is 3.27. The lowest BCUT2D eigenvalue weighted by atomic mass is 9.75. The monoisotopic (exact) mass is 642 g/mol. The van der Waals surface area contributed by atoms with Gasteiger partial charge in [0.05, 0.1) is 5.56 Å². The zero-order valence-corrected chi connectivity index (χ0v) is 27.6. The smallest absolute Gasteiger partial charge is 0.164 e. The third-order valence-corrected chi connectivity index (χ3v) is 9.83. The second kappa shape index (κ2) is 11.5. The van der Waals surface area contributed by atoms with Gasteiger partial charge in [0.15, 0.2) is 17.5 Å². The van der Waals surface area contributed by atoms with Gasteiger partial charge in [0, 0.05) is 33.2 Å². The maximum absolute atomic E-state index is 9.77. The van der Waals surface area contributed by atoms with Gasteiger partial charge in [-0.15, -0.1) is 0 Å². The van der Waals surface area contributed by atoms with Crippen molar-refractivity contribution in [3.63, 3.8) is 0 Å². The van der Waals surface area contributed by atoms with Crippen molar-refractivity contribution in [2.24, 2.45) is 0 Å². The molecule has 8 aromatic rings. The molecule has 0 N–H and O–H groups in total. The molecule has 50 heavy (non-hydrogen) atoms. The van der Waals surface area contributed by atoms with Crippen LogP contribution in [-0.4, -0.2) is 15.0 Å². The average Bonchev–Trinajstić information content (AvgIpc) is 3.17. The molecule has 0 atom stereocenters. The summed E-state index contributed by atoms with van der Waals surface area (Å²) in [7, 11) is 0. The van der Waals surface area contributed by atoms with Crippen molar-refractivity contribution in [3.8, 4) is 62.9 Å². The number of rotatable bonds is 4. The Morgan fingerprint density at radius 3 is 1.90 bits per heavy atom. The van der Waals surface area contributed by atoms with Crippen molar-refractivity contribution in [1.82, 2.24) is 15.0 Å². The highest BCUT2D eigenvalue weighted by Gasteiger charge is 2.35. The highest BCUT2D eigenvalue weighted by atomic mass is 16.5. The van der Waals surface area contributed by atoms with Gasteiger partial charge in [-0.1, -0.05) is 141 Å². The number of hydrogen-bond donors (Lipinski definition) is 0. The molecule has 1 aromatic heterocycles. The highest BCUT2D eigenvalue weighted by molar-refractivity contribution is 6.13. The van der Waals surface area contributed by atoms with Crippen LogP contribution in [-0.2, 0) is 5.41 Å². The van der Waals surface area contributed by atoms with Crippen LogP contribution in [0, 0.1) is 11.3 Å². The van der Waals surface area contributed by atoms with Crippen LogP contribution in [0.5, 0.6) is 11.5 Å². The number of hydrogen-bond acceptors (Lipinski definition) is 5. The van der Waals surface area contributed by atoms with Crippen LogP contribution in [0.25, 0.3) is 66.8 Å². The van der Waals surface area contributed by atoms with Crippen LogP contribution in [0.3, 0.4) is 0 Å². The lowest BCUT2D eigenvalue weighted by molar-refractivity contribution is 0.417. The van der Waals surface area contributed by atoms with Gasteiger partial charge in [0.1, 0.15) is 17.6 Å². The Kier molecular flexibility index (Phi) is 6.79. The minimum absolute atomic E-state index is 0.304. The lowest BCUT2D eigenvalue weighted by Crippen LogP contribution is -2.24. The standard InChI is InChI=1S/C45H30N4O/c1-45(2)38-24-23-31(26-40(38)50-41-33(27-46)14-10-18-39(41)45)28-19-21-30(22-20-28)43-47-42(29-11-4-3-5-12-29)48-44(49-43)37-25-32-13-6-7-15-34(32)35-16-8-9-17-36(35)37/h3-26H,1-2H3. The summed E-state index contributed by atoms with van der Waals surface area (Å²) in [6, 6.07) is 51.9. The number of para-hydroxylation sites is 1. The summed E-state index contributed by atoms with van der Waals surface area (Å²) in [6.45, 7) is 4.35. The van der Waals surface area contributed by atoms with Gasteiger partial charge in [-0.25, -0.2) is 15.0 Å². The van der Waals surface area contributed by atoms with E-state index >= 15 is 0 Å². The molecule has 0 bridgehead atoms. The first-order valence-electron chi connectivity index (χ1n) is 16.7. The highest BCUT2D eigenvalue weighted by Crippen LogP contribution is 2.50. The van der Waals surface area contributed by atoms with Gasteiger partial charge in [-0.2, -0.15) is 5.26 Å². The Labute approximate surface area is 290 Å². The van der Waals surface area contributed by atoms with Crippen molar-refractivity contribution < 1.29 is 4.74 Å². The van der Waals surface area contributed by atoms with Crippen LogP contribution >= 0.6 is 0 Å². The van der Waals surface area contributed by atoms with Gasteiger partial charge in [-0.3, -0.25) is 0 Å². The topological polar surface area (TPSA) is 71.7 Å². The Balaban J connectivity index is 1.14. The summed E-state index contributed by atoms with van der Waals surface area (Å²) < 4.78 is 6.41. The quantitative estimate of drug-likeness (QED) is 0.179. The van der Waals surface area contributed by atoms with E-state index in [1.54, 1.807) is 6.07 Å². The lowest BCUT2D eigenvalue weighted by Gasteiger charge is -2.35. The molecule has 0 saturated heterocycles. The zero-order valence-electron chi connectivity index (χ0n) is 27.6. The van der Waals surface area contributed by atoms with Crippen molar-refractivity contribution >= 4 is 21.5 Å². The average molecular weight is 643 g/mol. The van der Waals surface area contributed by atoms with Crippen molar-refractivity contribution in [2.75, 3.05) is 0 Å². The summed E-state index contributed by atoms with van der Waals surface area (Å²) in [4.78, 5) is 15.1. The summed E-state index contributed by atoms with van der Waals surface area (Å²) in [5, 5.41) is 14.4. The van der Waals surface area contributed by atoms with E-state index in [4.69, 9.17) is 19.7 Å². The molecule has 0 amide bonds. The van der Waals surface area contributed by atoms with E-state index in [9.17, 15) is 5.26 Å². The van der Waals surface area contributed by atoms with Crippen molar-refractivity contribution in [2.45, 2.75) is 19.3 Å². The van der Waals surface area contributed by atoms with E-state index in [-0.39, 0.29) is 5.41 Å².